The maximum absolute atomic E-state index is 12.5. The summed E-state index contributed by atoms with van der Waals surface area (Å²) >= 11 is 0. The van der Waals surface area contributed by atoms with Gasteiger partial charge in [-0.2, -0.15) is 0 Å². The van der Waals surface area contributed by atoms with Gasteiger partial charge in [-0.15, -0.1) is 0 Å². The third-order valence-electron chi connectivity index (χ3n) is 4.53. The molecular weight excluding hydrogens is 390 g/mol. The van der Waals surface area contributed by atoms with E-state index in [1.807, 2.05) is 36.4 Å². The Morgan fingerprint density at radius 2 is 1.66 bits per heavy atom. The van der Waals surface area contributed by atoms with Gasteiger partial charge in [0.2, 0.25) is 0 Å². The van der Waals surface area contributed by atoms with Crippen molar-refractivity contribution in [3.63, 3.8) is 0 Å². The summed E-state index contributed by atoms with van der Waals surface area (Å²) in [4.78, 5) is 24.9. The van der Waals surface area contributed by atoms with Crippen molar-refractivity contribution in [1.82, 2.24) is 0 Å². The number of hydrogen-bond acceptors (Lipinski definition) is 5. The quantitative estimate of drug-likeness (QED) is 0.646. The number of fused-ring (bicyclic) bond motifs is 1. The van der Waals surface area contributed by atoms with E-state index in [-0.39, 0.29) is 10.5 Å². The van der Waals surface area contributed by atoms with Crippen LogP contribution in [0.2, 0.25) is 0 Å². The standard InChI is InChI=1S/C22H21NO5S/c1-14-8-11-19(29(3,26)27)13-20(14)22(25)28-15(2)21(24)23-18-10-9-16-6-4-5-7-17(16)12-18/h4-13,15H,1-3H3,(H,23,24)/t15-/m1/s1. The molecule has 3 rings (SSSR count). The van der Waals surface area contributed by atoms with Gasteiger partial charge < -0.3 is 10.1 Å². The first-order valence-corrected chi connectivity index (χ1v) is 10.9. The van der Waals surface area contributed by atoms with Crippen LogP contribution in [0.1, 0.15) is 22.8 Å². The zero-order chi connectivity index (χ0) is 21.2. The molecule has 0 aliphatic heterocycles. The van der Waals surface area contributed by atoms with Gasteiger partial charge in [0.05, 0.1) is 10.5 Å². The first-order valence-electron chi connectivity index (χ1n) is 8.96. The van der Waals surface area contributed by atoms with Gasteiger partial charge in [0.1, 0.15) is 0 Å². The Balaban J connectivity index is 1.72. The average Bonchev–Trinajstić information content (AvgIpc) is 2.67. The monoisotopic (exact) mass is 411 g/mol. The Kier molecular flexibility index (Phi) is 5.70. The van der Waals surface area contributed by atoms with Crippen molar-refractivity contribution in [2.45, 2.75) is 24.8 Å². The predicted molar refractivity (Wildman–Crippen MR) is 112 cm³/mol. The summed E-state index contributed by atoms with van der Waals surface area (Å²) in [5.74, 6) is -1.24. The fourth-order valence-electron chi connectivity index (χ4n) is 2.84. The summed E-state index contributed by atoms with van der Waals surface area (Å²) in [5.41, 5.74) is 1.26. The Bertz CT molecular complexity index is 1200. The number of nitrogens with one attached hydrogen (secondary N) is 1. The van der Waals surface area contributed by atoms with Crippen LogP contribution in [-0.2, 0) is 19.4 Å². The van der Waals surface area contributed by atoms with Crippen molar-refractivity contribution in [3.8, 4) is 0 Å². The van der Waals surface area contributed by atoms with Gasteiger partial charge in [0.15, 0.2) is 15.9 Å². The summed E-state index contributed by atoms with van der Waals surface area (Å²) in [6.07, 6.45) is 0.00197. The zero-order valence-corrected chi connectivity index (χ0v) is 17.1. The number of sulfone groups is 1. The second kappa shape index (κ2) is 8.05. The average molecular weight is 411 g/mol. The van der Waals surface area contributed by atoms with E-state index in [4.69, 9.17) is 4.74 Å². The van der Waals surface area contributed by atoms with Crippen LogP contribution < -0.4 is 5.32 Å². The van der Waals surface area contributed by atoms with Crippen LogP contribution in [0.3, 0.4) is 0 Å². The zero-order valence-electron chi connectivity index (χ0n) is 16.3. The van der Waals surface area contributed by atoms with E-state index in [1.165, 1.54) is 25.1 Å². The highest BCUT2D eigenvalue weighted by Gasteiger charge is 2.21. The highest BCUT2D eigenvalue weighted by atomic mass is 32.2. The fourth-order valence-corrected chi connectivity index (χ4v) is 3.49. The highest BCUT2D eigenvalue weighted by molar-refractivity contribution is 7.90. The van der Waals surface area contributed by atoms with E-state index in [0.717, 1.165) is 17.0 Å². The van der Waals surface area contributed by atoms with Gasteiger partial charge >= 0.3 is 5.97 Å². The molecule has 0 fully saturated rings. The smallest absolute Gasteiger partial charge is 0.339 e. The lowest BCUT2D eigenvalue weighted by Gasteiger charge is -2.15. The maximum Gasteiger partial charge on any atom is 0.339 e. The largest absolute Gasteiger partial charge is 0.449 e. The lowest BCUT2D eigenvalue weighted by atomic mass is 10.1. The number of hydrogen-bond donors (Lipinski definition) is 1. The molecule has 1 atom stereocenters. The minimum atomic E-state index is -3.47. The summed E-state index contributed by atoms with van der Waals surface area (Å²) in [7, 11) is -3.47. The second-order valence-corrected chi connectivity index (χ2v) is 8.86. The number of anilines is 1. The molecule has 3 aromatic rings. The minimum absolute atomic E-state index is 0.0170. The third-order valence-corrected chi connectivity index (χ3v) is 5.64. The fraction of sp³-hybridized carbons (Fsp3) is 0.182. The van der Waals surface area contributed by atoms with Gasteiger partial charge in [0.25, 0.3) is 5.91 Å². The Labute approximate surface area is 169 Å². The molecule has 0 aliphatic rings. The molecule has 0 heterocycles. The molecule has 150 valence electrons. The van der Waals surface area contributed by atoms with Gasteiger partial charge in [-0.25, -0.2) is 13.2 Å². The number of carbonyl (C=O) groups is 2. The summed E-state index contributed by atoms with van der Waals surface area (Å²) in [6.45, 7) is 3.13. The molecule has 0 saturated carbocycles. The molecule has 0 saturated heterocycles. The minimum Gasteiger partial charge on any atom is -0.449 e. The van der Waals surface area contributed by atoms with Crippen LogP contribution in [0.4, 0.5) is 5.69 Å². The number of esters is 1. The van der Waals surface area contributed by atoms with Gasteiger partial charge in [-0.05, 0) is 54.4 Å². The molecule has 1 amide bonds. The summed E-state index contributed by atoms with van der Waals surface area (Å²) in [6, 6.07) is 17.5. The number of carbonyl (C=O) groups excluding carboxylic acids is 2. The van der Waals surface area contributed by atoms with Crippen LogP contribution in [0, 0.1) is 6.92 Å². The second-order valence-electron chi connectivity index (χ2n) is 6.85. The van der Waals surface area contributed by atoms with Gasteiger partial charge in [-0.1, -0.05) is 36.4 Å². The lowest BCUT2D eigenvalue weighted by molar-refractivity contribution is -0.123. The predicted octanol–water partition coefficient (Wildman–Crippen LogP) is 3.74. The Hall–Kier alpha value is -3.19. The van der Waals surface area contributed by atoms with Crippen LogP contribution in [0.25, 0.3) is 10.8 Å². The van der Waals surface area contributed by atoms with E-state index < -0.39 is 27.8 Å². The molecular formula is C22H21NO5S. The molecule has 29 heavy (non-hydrogen) atoms. The molecule has 6 nitrogen and oxygen atoms in total. The molecule has 7 heteroatoms. The molecule has 0 aliphatic carbocycles. The molecule has 0 aromatic heterocycles. The molecule has 0 unspecified atom stereocenters. The molecule has 0 radical (unpaired) electrons. The summed E-state index contributed by atoms with van der Waals surface area (Å²) < 4.78 is 28.7. The van der Waals surface area contributed by atoms with Crippen LogP contribution in [0.15, 0.2) is 65.6 Å². The van der Waals surface area contributed by atoms with Crippen LogP contribution >= 0.6 is 0 Å². The first-order chi connectivity index (χ1) is 13.6. The van der Waals surface area contributed by atoms with Gasteiger partial charge in [-0.3, -0.25) is 4.79 Å². The lowest BCUT2D eigenvalue weighted by Crippen LogP contribution is -2.30. The van der Waals surface area contributed by atoms with E-state index in [1.54, 1.807) is 13.0 Å². The van der Waals surface area contributed by atoms with Crippen LogP contribution in [-0.4, -0.2) is 32.7 Å². The van der Waals surface area contributed by atoms with Crippen molar-refractivity contribution in [2.75, 3.05) is 11.6 Å². The van der Waals surface area contributed by atoms with E-state index in [0.29, 0.717) is 11.3 Å². The number of ether oxygens (including phenoxy) is 1. The molecule has 1 N–H and O–H groups in total. The van der Waals surface area contributed by atoms with Crippen molar-refractivity contribution in [2.24, 2.45) is 0 Å². The van der Waals surface area contributed by atoms with Crippen molar-refractivity contribution < 1.29 is 22.7 Å². The third kappa shape index (κ3) is 4.81. The maximum atomic E-state index is 12.5. The number of aryl methyl sites for hydroxylation is 1. The molecule has 0 spiro atoms. The Morgan fingerprint density at radius 1 is 0.966 bits per heavy atom. The normalized spacial score (nSPS) is 12.4. The van der Waals surface area contributed by atoms with E-state index >= 15 is 0 Å². The SMILES string of the molecule is Cc1ccc(S(C)(=O)=O)cc1C(=O)O[C@H](C)C(=O)Nc1ccc2ccccc2c1. The van der Waals surface area contributed by atoms with Crippen molar-refractivity contribution >= 4 is 38.2 Å². The van der Waals surface area contributed by atoms with Crippen molar-refractivity contribution in [1.29, 1.82) is 0 Å². The first kappa shape index (κ1) is 20.5. The van der Waals surface area contributed by atoms with E-state index in [9.17, 15) is 18.0 Å². The molecule has 0 bridgehead atoms. The van der Waals surface area contributed by atoms with Crippen molar-refractivity contribution in [3.05, 3.63) is 71.8 Å². The topological polar surface area (TPSA) is 89.5 Å². The Morgan fingerprint density at radius 3 is 2.34 bits per heavy atom. The van der Waals surface area contributed by atoms with Gasteiger partial charge in [0, 0.05) is 11.9 Å². The highest BCUT2D eigenvalue weighted by Crippen LogP contribution is 2.20. The number of amides is 1. The van der Waals surface area contributed by atoms with Crippen LogP contribution in [0.5, 0.6) is 0 Å². The number of benzene rings is 3. The van der Waals surface area contributed by atoms with E-state index in [2.05, 4.69) is 5.32 Å². The number of rotatable bonds is 5. The molecule has 3 aromatic carbocycles. The summed E-state index contributed by atoms with van der Waals surface area (Å²) in [5, 5.41) is 4.75.